The highest BCUT2D eigenvalue weighted by Crippen LogP contribution is 2.21. The van der Waals surface area contributed by atoms with E-state index in [9.17, 15) is 9.59 Å². The van der Waals surface area contributed by atoms with Crippen LogP contribution in [0.4, 0.5) is 10.5 Å². The molecule has 1 aliphatic rings. The van der Waals surface area contributed by atoms with Gasteiger partial charge in [0.25, 0.3) is 5.56 Å². The number of aromatic nitrogens is 1. The van der Waals surface area contributed by atoms with Crippen molar-refractivity contribution in [1.82, 2.24) is 9.47 Å². The van der Waals surface area contributed by atoms with Gasteiger partial charge in [0.05, 0.1) is 0 Å². The van der Waals surface area contributed by atoms with Gasteiger partial charge < -0.3 is 23.8 Å². The first-order valence-electron chi connectivity index (χ1n) is 9.26. The second-order valence-corrected chi connectivity index (χ2v) is 8.77. The van der Waals surface area contributed by atoms with Crippen LogP contribution in [0.3, 0.4) is 0 Å². The number of hydrogen-bond donors (Lipinski definition) is 0. The number of pyridine rings is 1. The first-order chi connectivity index (χ1) is 12.6. The molecule has 1 aliphatic heterocycles. The zero-order valence-electron chi connectivity index (χ0n) is 16.8. The standard InChI is InChI=1S/C19H30BrN3O4/c1-14-12-21(8-9-23(14)18(25)27-19(2,3)4)16-11-15(20)13-22(17(16)24)7-6-10-26-5/h11,13-14H,6-10,12H2,1-5H3. The maximum atomic E-state index is 12.9. The molecule has 1 aromatic rings. The summed E-state index contributed by atoms with van der Waals surface area (Å²) < 4.78 is 13.1. The average molecular weight is 444 g/mol. The number of ether oxygens (including phenoxy) is 2. The molecule has 2 heterocycles. The fourth-order valence-corrected chi connectivity index (χ4v) is 3.59. The van der Waals surface area contributed by atoms with Gasteiger partial charge in [-0.05, 0) is 56.1 Å². The van der Waals surface area contributed by atoms with E-state index >= 15 is 0 Å². The molecular formula is C19H30BrN3O4. The predicted octanol–water partition coefficient (Wildman–Crippen LogP) is 3.09. The fraction of sp³-hybridized carbons (Fsp3) is 0.684. The highest BCUT2D eigenvalue weighted by atomic mass is 79.9. The molecule has 0 aliphatic carbocycles. The van der Waals surface area contributed by atoms with Crippen LogP contribution in [0.25, 0.3) is 0 Å². The lowest BCUT2D eigenvalue weighted by atomic mass is 10.1. The Balaban J connectivity index is 2.12. The molecule has 0 aromatic carbocycles. The second-order valence-electron chi connectivity index (χ2n) is 7.86. The molecule has 0 N–H and O–H groups in total. The quantitative estimate of drug-likeness (QED) is 0.654. The van der Waals surface area contributed by atoms with E-state index < -0.39 is 5.60 Å². The number of methoxy groups -OCH3 is 1. The predicted molar refractivity (Wildman–Crippen MR) is 110 cm³/mol. The van der Waals surface area contributed by atoms with Crippen LogP contribution in [0.1, 0.15) is 34.1 Å². The molecule has 1 aromatic heterocycles. The van der Waals surface area contributed by atoms with Crippen LogP contribution in [0.5, 0.6) is 0 Å². The summed E-state index contributed by atoms with van der Waals surface area (Å²) in [5.41, 5.74) is 0.110. The average Bonchev–Trinajstić information content (AvgIpc) is 2.56. The van der Waals surface area contributed by atoms with Gasteiger partial charge in [-0.3, -0.25) is 4.79 Å². The van der Waals surface area contributed by atoms with Gasteiger partial charge in [0, 0.05) is 56.6 Å². The SMILES string of the molecule is COCCCn1cc(Br)cc(N2CCN(C(=O)OC(C)(C)C)C(C)C2)c1=O. The Morgan fingerprint density at radius 1 is 1.33 bits per heavy atom. The summed E-state index contributed by atoms with van der Waals surface area (Å²) in [7, 11) is 1.65. The van der Waals surface area contributed by atoms with Gasteiger partial charge in [0.2, 0.25) is 0 Å². The summed E-state index contributed by atoms with van der Waals surface area (Å²) in [6, 6.07) is 1.80. The Morgan fingerprint density at radius 2 is 2.04 bits per heavy atom. The molecule has 0 saturated carbocycles. The van der Waals surface area contributed by atoms with E-state index in [0.29, 0.717) is 38.5 Å². The Morgan fingerprint density at radius 3 is 2.63 bits per heavy atom. The topological polar surface area (TPSA) is 64.0 Å². The molecule has 1 unspecified atom stereocenters. The van der Waals surface area contributed by atoms with Crippen LogP contribution in [-0.4, -0.2) is 60.6 Å². The molecule has 152 valence electrons. The van der Waals surface area contributed by atoms with Crippen molar-refractivity contribution < 1.29 is 14.3 Å². The minimum Gasteiger partial charge on any atom is -0.444 e. The van der Waals surface area contributed by atoms with Gasteiger partial charge in [0.1, 0.15) is 11.3 Å². The van der Waals surface area contributed by atoms with E-state index in [1.807, 2.05) is 44.9 Å². The Hall–Kier alpha value is -1.54. The van der Waals surface area contributed by atoms with Gasteiger partial charge in [-0.15, -0.1) is 0 Å². The number of piperazine rings is 1. The zero-order valence-corrected chi connectivity index (χ0v) is 18.4. The number of nitrogens with zero attached hydrogens (tertiary/aromatic N) is 3. The molecule has 0 radical (unpaired) electrons. The van der Waals surface area contributed by atoms with E-state index in [0.717, 1.165) is 10.9 Å². The molecule has 1 fully saturated rings. The van der Waals surface area contributed by atoms with Crippen molar-refractivity contribution >= 4 is 27.7 Å². The fourth-order valence-electron chi connectivity index (χ4n) is 3.12. The molecule has 1 atom stereocenters. The third-order valence-corrected chi connectivity index (χ3v) is 4.81. The molecule has 1 amide bonds. The summed E-state index contributed by atoms with van der Waals surface area (Å²) in [6.45, 7) is 10.5. The lowest BCUT2D eigenvalue weighted by molar-refractivity contribution is 0.0159. The molecule has 1 saturated heterocycles. The third kappa shape index (κ3) is 5.97. The highest BCUT2D eigenvalue weighted by molar-refractivity contribution is 9.10. The molecule has 0 bridgehead atoms. The van der Waals surface area contributed by atoms with E-state index in [4.69, 9.17) is 9.47 Å². The third-order valence-electron chi connectivity index (χ3n) is 4.38. The van der Waals surface area contributed by atoms with Crippen LogP contribution in [0, 0.1) is 0 Å². The van der Waals surface area contributed by atoms with Crippen molar-refractivity contribution in [3.8, 4) is 0 Å². The van der Waals surface area contributed by atoms with Crippen molar-refractivity contribution in [2.45, 2.75) is 52.3 Å². The second kappa shape index (κ2) is 9.10. The van der Waals surface area contributed by atoms with Crippen molar-refractivity contribution in [2.24, 2.45) is 0 Å². The number of carbonyl (C=O) groups excluding carboxylic acids is 1. The maximum absolute atomic E-state index is 12.9. The molecule has 0 spiro atoms. The summed E-state index contributed by atoms with van der Waals surface area (Å²) in [5, 5.41) is 0. The van der Waals surface area contributed by atoms with Crippen LogP contribution in [0.2, 0.25) is 0 Å². The minimum absolute atomic E-state index is 0.0211. The van der Waals surface area contributed by atoms with Gasteiger partial charge in [-0.2, -0.15) is 0 Å². The molecule has 7 nitrogen and oxygen atoms in total. The molecule has 8 heteroatoms. The Bertz CT molecular complexity index is 714. The van der Waals surface area contributed by atoms with E-state index in [2.05, 4.69) is 15.9 Å². The van der Waals surface area contributed by atoms with Crippen LogP contribution in [0.15, 0.2) is 21.5 Å². The van der Waals surface area contributed by atoms with Crippen molar-refractivity contribution in [3.05, 3.63) is 27.1 Å². The number of halogens is 1. The van der Waals surface area contributed by atoms with Crippen molar-refractivity contribution in [3.63, 3.8) is 0 Å². The maximum Gasteiger partial charge on any atom is 0.410 e. The van der Waals surface area contributed by atoms with Crippen molar-refractivity contribution in [1.29, 1.82) is 0 Å². The summed E-state index contributed by atoms with van der Waals surface area (Å²) in [6.07, 6.45) is 2.28. The van der Waals surface area contributed by atoms with E-state index in [1.54, 1.807) is 16.6 Å². The Labute approximate surface area is 169 Å². The summed E-state index contributed by atoms with van der Waals surface area (Å²) in [4.78, 5) is 29.0. The van der Waals surface area contributed by atoms with E-state index in [-0.39, 0.29) is 17.7 Å². The first-order valence-corrected chi connectivity index (χ1v) is 10.0. The van der Waals surface area contributed by atoms with Crippen molar-refractivity contribution in [2.75, 3.05) is 38.3 Å². The van der Waals surface area contributed by atoms with Crippen LogP contribution < -0.4 is 10.5 Å². The number of aryl methyl sites for hydroxylation is 1. The van der Waals surface area contributed by atoms with E-state index in [1.165, 1.54) is 0 Å². The number of rotatable bonds is 5. The summed E-state index contributed by atoms with van der Waals surface area (Å²) in [5.74, 6) is 0. The lowest BCUT2D eigenvalue weighted by Gasteiger charge is -2.41. The smallest absolute Gasteiger partial charge is 0.410 e. The lowest BCUT2D eigenvalue weighted by Crippen LogP contribution is -2.56. The molecular weight excluding hydrogens is 414 g/mol. The summed E-state index contributed by atoms with van der Waals surface area (Å²) >= 11 is 3.50. The Kier molecular flexibility index (Phi) is 7.33. The number of anilines is 1. The number of amides is 1. The van der Waals surface area contributed by atoms with Crippen LogP contribution in [-0.2, 0) is 16.0 Å². The normalized spacial score (nSPS) is 17.9. The first kappa shape index (κ1) is 21.8. The van der Waals surface area contributed by atoms with Crippen LogP contribution >= 0.6 is 15.9 Å². The number of carbonyl (C=O) groups is 1. The molecule has 27 heavy (non-hydrogen) atoms. The zero-order chi connectivity index (χ0) is 20.2. The highest BCUT2D eigenvalue weighted by Gasteiger charge is 2.31. The van der Waals surface area contributed by atoms with Gasteiger partial charge in [-0.25, -0.2) is 4.79 Å². The minimum atomic E-state index is -0.520. The van der Waals surface area contributed by atoms with Gasteiger partial charge >= 0.3 is 6.09 Å². The number of hydrogen-bond acceptors (Lipinski definition) is 5. The van der Waals surface area contributed by atoms with Gasteiger partial charge in [0.15, 0.2) is 0 Å². The monoisotopic (exact) mass is 443 g/mol. The largest absolute Gasteiger partial charge is 0.444 e. The molecule has 2 rings (SSSR count). The van der Waals surface area contributed by atoms with Gasteiger partial charge in [-0.1, -0.05) is 0 Å².